The summed E-state index contributed by atoms with van der Waals surface area (Å²) in [6.07, 6.45) is 0.965. The normalized spacial score (nSPS) is 10.4. The molecular formula is C15H15BrFN. The minimum atomic E-state index is -0.249. The molecule has 2 rings (SSSR count). The standard InChI is InChI=1S/C15H15BrFN/c1-3-11-6-4-5-10(2)15(11)18-12-7-8-14(17)13(16)9-12/h4-9,18H,3H2,1-2H3. The van der Waals surface area contributed by atoms with Gasteiger partial charge in [-0.15, -0.1) is 0 Å². The van der Waals surface area contributed by atoms with Crippen LogP contribution in [-0.4, -0.2) is 0 Å². The van der Waals surface area contributed by atoms with Crippen LogP contribution in [0.25, 0.3) is 0 Å². The third-order valence-corrected chi connectivity index (χ3v) is 3.54. The largest absolute Gasteiger partial charge is 0.355 e. The van der Waals surface area contributed by atoms with Crippen molar-refractivity contribution >= 4 is 27.3 Å². The molecule has 94 valence electrons. The molecule has 0 aromatic heterocycles. The SMILES string of the molecule is CCc1cccc(C)c1Nc1ccc(F)c(Br)c1. The van der Waals surface area contributed by atoms with E-state index in [0.29, 0.717) is 4.47 Å². The van der Waals surface area contributed by atoms with E-state index in [4.69, 9.17) is 0 Å². The predicted octanol–water partition coefficient (Wildman–Crippen LogP) is 5.20. The maximum atomic E-state index is 13.2. The zero-order valence-corrected chi connectivity index (χ0v) is 12.0. The maximum absolute atomic E-state index is 13.2. The molecule has 0 atom stereocenters. The molecule has 0 fully saturated rings. The molecule has 1 nitrogen and oxygen atoms in total. The number of nitrogens with one attached hydrogen (secondary N) is 1. The second-order valence-electron chi connectivity index (χ2n) is 4.22. The summed E-state index contributed by atoms with van der Waals surface area (Å²) >= 11 is 3.20. The highest BCUT2D eigenvalue weighted by Crippen LogP contribution is 2.27. The summed E-state index contributed by atoms with van der Waals surface area (Å²) in [5.41, 5.74) is 4.44. The van der Waals surface area contributed by atoms with Crippen molar-refractivity contribution in [1.82, 2.24) is 0 Å². The number of benzene rings is 2. The number of hydrogen-bond donors (Lipinski definition) is 1. The van der Waals surface area contributed by atoms with E-state index in [9.17, 15) is 4.39 Å². The van der Waals surface area contributed by atoms with Crippen LogP contribution in [0.15, 0.2) is 40.9 Å². The summed E-state index contributed by atoms with van der Waals surface area (Å²) in [5.74, 6) is -0.249. The average molecular weight is 308 g/mol. The summed E-state index contributed by atoms with van der Waals surface area (Å²) in [6, 6.07) is 11.2. The van der Waals surface area contributed by atoms with E-state index in [1.807, 2.05) is 0 Å². The van der Waals surface area contributed by atoms with Crippen molar-refractivity contribution < 1.29 is 4.39 Å². The lowest BCUT2D eigenvalue weighted by Gasteiger charge is -2.14. The second-order valence-corrected chi connectivity index (χ2v) is 5.07. The van der Waals surface area contributed by atoms with E-state index in [0.717, 1.165) is 17.8 Å². The average Bonchev–Trinajstić information content (AvgIpc) is 2.36. The minimum Gasteiger partial charge on any atom is -0.355 e. The van der Waals surface area contributed by atoms with Crippen LogP contribution in [0.1, 0.15) is 18.1 Å². The molecule has 0 saturated heterocycles. The van der Waals surface area contributed by atoms with Crippen LogP contribution in [0.4, 0.5) is 15.8 Å². The van der Waals surface area contributed by atoms with Gasteiger partial charge in [-0.1, -0.05) is 25.1 Å². The summed E-state index contributed by atoms with van der Waals surface area (Å²) in [5, 5.41) is 3.36. The molecule has 18 heavy (non-hydrogen) atoms. The highest BCUT2D eigenvalue weighted by atomic mass is 79.9. The van der Waals surface area contributed by atoms with Gasteiger partial charge in [0.05, 0.1) is 4.47 Å². The van der Waals surface area contributed by atoms with Gasteiger partial charge in [0.25, 0.3) is 0 Å². The Morgan fingerprint density at radius 2 is 2.00 bits per heavy atom. The van der Waals surface area contributed by atoms with Crippen molar-refractivity contribution in [2.75, 3.05) is 5.32 Å². The summed E-state index contributed by atoms with van der Waals surface area (Å²) in [7, 11) is 0. The molecule has 0 heterocycles. The predicted molar refractivity (Wildman–Crippen MR) is 77.9 cm³/mol. The van der Waals surface area contributed by atoms with E-state index in [2.05, 4.69) is 53.3 Å². The van der Waals surface area contributed by atoms with Crippen molar-refractivity contribution in [3.8, 4) is 0 Å². The maximum Gasteiger partial charge on any atom is 0.137 e. The van der Waals surface area contributed by atoms with Gasteiger partial charge >= 0.3 is 0 Å². The van der Waals surface area contributed by atoms with Crippen molar-refractivity contribution in [3.05, 3.63) is 57.8 Å². The topological polar surface area (TPSA) is 12.0 Å². The van der Waals surface area contributed by atoms with E-state index >= 15 is 0 Å². The Kier molecular flexibility index (Phi) is 4.02. The van der Waals surface area contributed by atoms with Gasteiger partial charge in [-0.05, 0) is 58.6 Å². The van der Waals surface area contributed by atoms with E-state index in [1.54, 1.807) is 12.1 Å². The van der Waals surface area contributed by atoms with Crippen LogP contribution < -0.4 is 5.32 Å². The number of hydrogen-bond acceptors (Lipinski definition) is 1. The molecule has 0 saturated carbocycles. The lowest BCUT2D eigenvalue weighted by Crippen LogP contribution is -1.98. The highest BCUT2D eigenvalue weighted by Gasteiger charge is 2.06. The second kappa shape index (κ2) is 5.53. The van der Waals surface area contributed by atoms with Crippen LogP contribution in [0, 0.1) is 12.7 Å². The first-order chi connectivity index (χ1) is 8.61. The van der Waals surface area contributed by atoms with Gasteiger partial charge in [0.15, 0.2) is 0 Å². The molecule has 2 aromatic rings. The fourth-order valence-electron chi connectivity index (χ4n) is 1.92. The Bertz CT molecular complexity index is 566. The van der Waals surface area contributed by atoms with Crippen molar-refractivity contribution in [1.29, 1.82) is 0 Å². The van der Waals surface area contributed by atoms with E-state index in [1.165, 1.54) is 17.2 Å². The van der Waals surface area contributed by atoms with Gasteiger partial charge in [0, 0.05) is 11.4 Å². The molecule has 0 unspecified atom stereocenters. The number of rotatable bonds is 3. The molecule has 0 radical (unpaired) electrons. The Morgan fingerprint density at radius 3 is 2.67 bits per heavy atom. The van der Waals surface area contributed by atoms with Gasteiger partial charge in [-0.2, -0.15) is 0 Å². The Labute approximate surface area is 115 Å². The van der Waals surface area contributed by atoms with Gasteiger partial charge in [-0.25, -0.2) is 4.39 Å². The Morgan fingerprint density at radius 1 is 1.22 bits per heavy atom. The van der Waals surface area contributed by atoms with Gasteiger partial charge in [-0.3, -0.25) is 0 Å². The van der Waals surface area contributed by atoms with E-state index in [-0.39, 0.29) is 5.82 Å². The van der Waals surface area contributed by atoms with Crippen LogP contribution >= 0.6 is 15.9 Å². The zero-order chi connectivity index (χ0) is 13.1. The first-order valence-electron chi connectivity index (χ1n) is 5.92. The van der Waals surface area contributed by atoms with Crippen molar-refractivity contribution in [2.45, 2.75) is 20.3 Å². The van der Waals surface area contributed by atoms with Crippen molar-refractivity contribution in [2.24, 2.45) is 0 Å². The summed E-state index contributed by atoms with van der Waals surface area (Å²) in [4.78, 5) is 0. The molecule has 2 aromatic carbocycles. The van der Waals surface area contributed by atoms with Gasteiger partial charge in [0.2, 0.25) is 0 Å². The molecule has 0 bridgehead atoms. The van der Waals surface area contributed by atoms with Crippen LogP contribution in [0.5, 0.6) is 0 Å². The number of aryl methyl sites for hydroxylation is 2. The monoisotopic (exact) mass is 307 g/mol. The Balaban J connectivity index is 2.36. The van der Waals surface area contributed by atoms with Crippen molar-refractivity contribution in [3.63, 3.8) is 0 Å². The number of halogens is 2. The lowest BCUT2D eigenvalue weighted by atomic mass is 10.1. The Hall–Kier alpha value is -1.35. The smallest absolute Gasteiger partial charge is 0.137 e. The fourth-order valence-corrected chi connectivity index (χ4v) is 2.30. The third-order valence-electron chi connectivity index (χ3n) is 2.93. The lowest BCUT2D eigenvalue weighted by molar-refractivity contribution is 0.621. The molecule has 0 amide bonds. The number of para-hydroxylation sites is 1. The molecule has 3 heteroatoms. The quantitative estimate of drug-likeness (QED) is 0.821. The highest BCUT2D eigenvalue weighted by molar-refractivity contribution is 9.10. The summed E-state index contributed by atoms with van der Waals surface area (Å²) in [6.45, 7) is 4.20. The molecule has 0 spiro atoms. The molecular weight excluding hydrogens is 293 g/mol. The summed E-state index contributed by atoms with van der Waals surface area (Å²) < 4.78 is 13.7. The van der Waals surface area contributed by atoms with Crippen LogP contribution in [-0.2, 0) is 6.42 Å². The molecule has 1 N–H and O–H groups in total. The molecule has 0 aliphatic carbocycles. The fraction of sp³-hybridized carbons (Fsp3) is 0.200. The first-order valence-corrected chi connectivity index (χ1v) is 6.71. The van der Waals surface area contributed by atoms with Gasteiger partial charge in [0.1, 0.15) is 5.82 Å². The van der Waals surface area contributed by atoms with E-state index < -0.39 is 0 Å². The zero-order valence-electron chi connectivity index (χ0n) is 10.4. The van der Waals surface area contributed by atoms with Crippen LogP contribution in [0.2, 0.25) is 0 Å². The first kappa shape index (κ1) is 13.1. The third kappa shape index (κ3) is 2.72. The van der Waals surface area contributed by atoms with Crippen LogP contribution in [0.3, 0.4) is 0 Å². The number of anilines is 2. The van der Waals surface area contributed by atoms with Gasteiger partial charge < -0.3 is 5.32 Å². The molecule has 0 aliphatic rings. The molecule has 0 aliphatic heterocycles. The minimum absolute atomic E-state index is 0.249.